The van der Waals surface area contributed by atoms with Crippen LogP contribution in [0.3, 0.4) is 0 Å². The lowest BCUT2D eigenvalue weighted by Crippen LogP contribution is -2.49. The van der Waals surface area contributed by atoms with Gasteiger partial charge in [0.2, 0.25) is 5.91 Å². The van der Waals surface area contributed by atoms with Gasteiger partial charge in [0, 0.05) is 0 Å². The lowest BCUT2D eigenvalue weighted by Gasteiger charge is -2.29. The van der Waals surface area contributed by atoms with Crippen LogP contribution in [0.25, 0.3) is 0 Å². The van der Waals surface area contributed by atoms with Crippen LogP contribution in [0, 0.1) is 5.41 Å². The standard InChI is InChI=1S/C12H19F3N4O/c1-8(19-7-16-6-17-19)10(20)18-9(12(13,14)15)5-11(2,3)4/h6-9H,5H2,1-4H3,(H,18,20). The second-order valence-corrected chi connectivity index (χ2v) is 5.92. The van der Waals surface area contributed by atoms with Crippen molar-refractivity contribution in [1.82, 2.24) is 20.1 Å². The SMILES string of the molecule is CC(C(=O)NC(CC(C)(C)C)C(F)(F)F)n1cncn1. The number of hydrogen-bond donors (Lipinski definition) is 1. The van der Waals surface area contributed by atoms with E-state index in [9.17, 15) is 18.0 Å². The van der Waals surface area contributed by atoms with Crippen molar-refractivity contribution in [2.24, 2.45) is 5.41 Å². The van der Waals surface area contributed by atoms with Crippen LogP contribution in [-0.2, 0) is 4.79 Å². The molecule has 0 fully saturated rings. The average Bonchev–Trinajstić information content (AvgIpc) is 2.77. The molecule has 0 saturated heterocycles. The predicted molar refractivity (Wildman–Crippen MR) is 66.8 cm³/mol. The third-order valence-corrected chi connectivity index (χ3v) is 2.74. The molecule has 114 valence electrons. The van der Waals surface area contributed by atoms with E-state index >= 15 is 0 Å². The quantitative estimate of drug-likeness (QED) is 0.926. The molecule has 1 aromatic rings. The van der Waals surface area contributed by atoms with Crippen LogP contribution >= 0.6 is 0 Å². The zero-order valence-electron chi connectivity index (χ0n) is 11.9. The summed E-state index contributed by atoms with van der Waals surface area (Å²) < 4.78 is 40.1. The fourth-order valence-corrected chi connectivity index (χ4v) is 1.69. The molecule has 1 N–H and O–H groups in total. The second-order valence-electron chi connectivity index (χ2n) is 5.92. The van der Waals surface area contributed by atoms with Crippen LogP contribution in [0.2, 0.25) is 0 Å². The normalized spacial score (nSPS) is 15.8. The summed E-state index contributed by atoms with van der Waals surface area (Å²) in [5.41, 5.74) is -0.552. The van der Waals surface area contributed by atoms with Crippen molar-refractivity contribution >= 4 is 5.91 Å². The molecule has 0 spiro atoms. The summed E-state index contributed by atoms with van der Waals surface area (Å²) in [4.78, 5) is 15.5. The van der Waals surface area contributed by atoms with Crippen molar-refractivity contribution in [3.8, 4) is 0 Å². The van der Waals surface area contributed by atoms with Crippen molar-refractivity contribution in [3.05, 3.63) is 12.7 Å². The highest BCUT2D eigenvalue weighted by molar-refractivity contribution is 5.80. The summed E-state index contributed by atoms with van der Waals surface area (Å²) in [6.45, 7) is 6.55. The smallest absolute Gasteiger partial charge is 0.343 e. The molecule has 1 amide bonds. The second kappa shape index (κ2) is 5.80. The number of carbonyl (C=O) groups is 1. The number of alkyl halides is 3. The highest BCUT2D eigenvalue weighted by Gasteiger charge is 2.43. The van der Waals surface area contributed by atoms with E-state index in [2.05, 4.69) is 10.1 Å². The molecule has 5 nitrogen and oxygen atoms in total. The van der Waals surface area contributed by atoms with Gasteiger partial charge in [-0.15, -0.1) is 0 Å². The monoisotopic (exact) mass is 292 g/mol. The molecule has 0 radical (unpaired) electrons. The fraction of sp³-hybridized carbons (Fsp3) is 0.750. The minimum absolute atomic E-state index is 0.188. The Morgan fingerprint density at radius 3 is 2.35 bits per heavy atom. The van der Waals surface area contributed by atoms with Crippen LogP contribution in [0.5, 0.6) is 0 Å². The van der Waals surface area contributed by atoms with Gasteiger partial charge in [-0.1, -0.05) is 20.8 Å². The summed E-state index contributed by atoms with van der Waals surface area (Å²) >= 11 is 0. The number of aromatic nitrogens is 3. The number of rotatable bonds is 4. The largest absolute Gasteiger partial charge is 0.408 e. The number of amides is 1. The third kappa shape index (κ3) is 4.82. The molecule has 1 aromatic heterocycles. The number of hydrogen-bond acceptors (Lipinski definition) is 3. The third-order valence-electron chi connectivity index (χ3n) is 2.74. The molecule has 20 heavy (non-hydrogen) atoms. The molecule has 2 unspecified atom stereocenters. The van der Waals surface area contributed by atoms with Gasteiger partial charge in [-0.25, -0.2) is 9.67 Å². The number of nitrogens with one attached hydrogen (secondary N) is 1. The van der Waals surface area contributed by atoms with Gasteiger partial charge in [0.1, 0.15) is 24.7 Å². The molecule has 2 atom stereocenters. The first-order chi connectivity index (χ1) is 9.00. The summed E-state index contributed by atoms with van der Waals surface area (Å²) in [6, 6.07) is -2.72. The van der Waals surface area contributed by atoms with Crippen LogP contribution < -0.4 is 5.32 Å². The van der Waals surface area contributed by atoms with Crippen molar-refractivity contribution in [2.45, 2.75) is 52.4 Å². The molecule has 8 heteroatoms. The number of halogens is 3. The molecule has 0 aliphatic carbocycles. The van der Waals surface area contributed by atoms with Gasteiger partial charge in [0.15, 0.2) is 0 Å². The molecule has 0 aromatic carbocycles. The van der Waals surface area contributed by atoms with Crippen molar-refractivity contribution < 1.29 is 18.0 Å². The van der Waals surface area contributed by atoms with E-state index in [0.717, 1.165) is 0 Å². The minimum Gasteiger partial charge on any atom is -0.343 e. The van der Waals surface area contributed by atoms with E-state index in [-0.39, 0.29) is 6.42 Å². The Bertz CT molecular complexity index is 437. The van der Waals surface area contributed by atoms with Gasteiger partial charge in [0.25, 0.3) is 0 Å². The number of nitrogens with zero attached hydrogens (tertiary/aromatic N) is 3. The Morgan fingerprint density at radius 1 is 1.35 bits per heavy atom. The minimum atomic E-state index is -4.48. The highest BCUT2D eigenvalue weighted by Crippen LogP contribution is 2.30. The summed E-state index contributed by atoms with van der Waals surface area (Å²) in [5.74, 6) is -0.734. The van der Waals surface area contributed by atoms with Gasteiger partial charge in [-0.2, -0.15) is 18.3 Å². The zero-order valence-corrected chi connectivity index (χ0v) is 11.9. The molecule has 0 bridgehead atoms. The van der Waals surface area contributed by atoms with Gasteiger partial charge >= 0.3 is 6.18 Å². The van der Waals surface area contributed by atoms with Gasteiger partial charge in [-0.05, 0) is 18.8 Å². The van der Waals surface area contributed by atoms with Crippen molar-refractivity contribution in [3.63, 3.8) is 0 Å². The predicted octanol–water partition coefficient (Wildman–Crippen LogP) is 2.32. The molecule has 0 saturated carbocycles. The Labute approximate surface area is 115 Å². The van der Waals surface area contributed by atoms with E-state index in [1.807, 2.05) is 5.32 Å². The topological polar surface area (TPSA) is 59.8 Å². The highest BCUT2D eigenvalue weighted by atomic mass is 19.4. The average molecular weight is 292 g/mol. The maximum absolute atomic E-state index is 13.0. The van der Waals surface area contributed by atoms with E-state index in [0.29, 0.717) is 0 Å². The molecule has 1 rings (SSSR count). The zero-order chi connectivity index (χ0) is 15.6. The maximum atomic E-state index is 13.0. The van der Waals surface area contributed by atoms with Crippen LogP contribution in [-0.4, -0.2) is 32.9 Å². The van der Waals surface area contributed by atoms with Gasteiger partial charge < -0.3 is 5.32 Å². The van der Waals surface area contributed by atoms with Gasteiger partial charge in [0.05, 0.1) is 0 Å². The Kier molecular flexibility index (Phi) is 4.77. The number of carbonyl (C=O) groups excluding carboxylic acids is 1. The van der Waals surface area contributed by atoms with Crippen molar-refractivity contribution in [1.29, 1.82) is 0 Å². The van der Waals surface area contributed by atoms with Gasteiger partial charge in [-0.3, -0.25) is 4.79 Å². The van der Waals surface area contributed by atoms with E-state index in [1.54, 1.807) is 20.8 Å². The molecular formula is C12H19F3N4O. The molecule has 1 heterocycles. The Morgan fingerprint density at radius 2 is 1.95 bits per heavy atom. The fourth-order valence-electron chi connectivity index (χ4n) is 1.69. The van der Waals surface area contributed by atoms with Crippen molar-refractivity contribution in [2.75, 3.05) is 0 Å². The Hall–Kier alpha value is -1.60. The summed E-state index contributed by atoms with van der Waals surface area (Å²) in [5, 5.41) is 5.79. The molecule has 0 aliphatic rings. The van der Waals surface area contributed by atoms with E-state index in [1.165, 1.54) is 24.3 Å². The first-order valence-corrected chi connectivity index (χ1v) is 6.22. The molecular weight excluding hydrogens is 273 g/mol. The van der Waals surface area contributed by atoms with Crippen LogP contribution in [0.4, 0.5) is 13.2 Å². The first-order valence-electron chi connectivity index (χ1n) is 6.22. The lowest BCUT2D eigenvalue weighted by molar-refractivity contribution is -0.167. The van der Waals surface area contributed by atoms with E-state index < -0.39 is 29.6 Å². The summed E-state index contributed by atoms with van der Waals surface area (Å²) in [7, 11) is 0. The molecule has 0 aliphatic heterocycles. The van der Waals surface area contributed by atoms with E-state index in [4.69, 9.17) is 0 Å². The maximum Gasteiger partial charge on any atom is 0.408 e. The Balaban J connectivity index is 2.77. The lowest BCUT2D eigenvalue weighted by atomic mass is 9.87. The summed E-state index contributed by atoms with van der Waals surface area (Å²) in [6.07, 6.45) is -2.16. The van der Waals surface area contributed by atoms with Crippen LogP contribution in [0.1, 0.15) is 40.2 Å². The first kappa shape index (κ1) is 16.5. The van der Waals surface area contributed by atoms with Crippen LogP contribution in [0.15, 0.2) is 12.7 Å².